The Balaban J connectivity index is 0.768. The zero-order chi connectivity index (χ0) is 64.4. The van der Waals surface area contributed by atoms with Gasteiger partial charge in [0.25, 0.3) is 0 Å². The van der Waals surface area contributed by atoms with Crippen LogP contribution in [0.5, 0.6) is 0 Å². The maximum absolute atomic E-state index is 2.36. The lowest BCUT2D eigenvalue weighted by Gasteiger charge is -2.28. The van der Waals surface area contributed by atoms with E-state index in [-0.39, 0.29) is 21.7 Å². The van der Waals surface area contributed by atoms with Crippen LogP contribution in [-0.2, 0) is 21.7 Å². The number of anilines is 12. The SMILES string of the molecule is CC(C)(C)c1ccc(N(c2ccc(-c3ccc(N(c4ccccc4)c4ccc(-c5ccc(N(c6ccccc6)c6ccc(-c7ccc(N(c8ccc(C(C)(C)C)cc8)c8ccc(C(C)(C)C)cc8)cc7)cc6)cc5)cc4)cc3)cc2)c2ccc(C(C)(C)C)cc2)cc1. The van der Waals surface area contributed by atoms with Gasteiger partial charge in [-0.05, 0) is 223 Å². The summed E-state index contributed by atoms with van der Waals surface area (Å²) in [4.78, 5) is 9.39. The number of benzene rings is 12. The van der Waals surface area contributed by atoms with Crippen molar-refractivity contribution in [3.63, 3.8) is 0 Å². The topological polar surface area (TPSA) is 13.0 Å². The molecule has 0 saturated heterocycles. The number of hydrogen-bond acceptors (Lipinski definition) is 4. The predicted octanol–water partition coefficient (Wildman–Crippen LogP) is 25.8. The van der Waals surface area contributed by atoms with E-state index in [1.807, 2.05) is 0 Å². The molecule has 0 aliphatic carbocycles. The first-order valence-corrected chi connectivity index (χ1v) is 32.5. The fourth-order valence-corrected chi connectivity index (χ4v) is 12.2. The molecule has 0 radical (unpaired) electrons. The van der Waals surface area contributed by atoms with Crippen LogP contribution in [-0.4, -0.2) is 0 Å². The quantitative estimate of drug-likeness (QED) is 0.101. The predicted molar refractivity (Wildman–Crippen MR) is 396 cm³/mol. The van der Waals surface area contributed by atoms with E-state index >= 15 is 0 Å². The minimum atomic E-state index is 0.0713. The van der Waals surface area contributed by atoms with E-state index in [2.05, 4.69) is 406 Å². The number of para-hydroxylation sites is 2. The van der Waals surface area contributed by atoms with Crippen LogP contribution in [0.3, 0.4) is 0 Å². The highest BCUT2D eigenvalue weighted by Crippen LogP contribution is 2.43. The largest absolute Gasteiger partial charge is 0.311 e. The van der Waals surface area contributed by atoms with Crippen molar-refractivity contribution < 1.29 is 0 Å². The Labute approximate surface area is 548 Å². The molecule has 0 saturated carbocycles. The molecule has 0 atom stereocenters. The number of rotatable bonds is 15. The van der Waals surface area contributed by atoms with Crippen LogP contribution in [0.4, 0.5) is 68.2 Å². The molecule has 0 spiro atoms. The molecule has 0 aliphatic rings. The van der Waals surface area contributed by atoms with Gasteiger partial charge in [0.2, 0.25) is 0 Å². The van der Waals surface area contributed by atoms with Gasteiger partial charge < -0.3 is 19.6 Å². The molecule has 458 valence electrons. The number of hydrogen-bond donors (Lipinski definition) is 0. The fraction of sp³-hybridized carbons (Fsp3) is 0.182. The minimum absolute atomic E-state index is 0.0713. The summed E-state index contributed by atoms with van der Waals surface area (Å²) in [6, 6.07) is 111. The van der Waals surface area contributed by atoms with Gasteiger partial charge in [-0.15, -0.1) is 0 Å². The first kappa shape index (κ1) is 62.1. The summed E-state index contributed by atoms with van der Waals surface area (Å²) < 4.78 is 0. The van der Waals surface area contributed by atoms with E-state index in [9.17, 15) is 0 Å². The smallest absolute Gasteiger partial charge is 0.0462 e. The van der Waals surface area contributed by atoms with Gasteiger partial charge >= 0.3 is 0 Å². The highest BCUT2D eigenvalue weighted by atomic mass is 15.2. The van der Waals surface area contributed by atoms with Gasteiger partial charge in [0.15, 0.2) is 0 Å². The van der Waals surface area contributed by atoms with Crippen LogP contribution >= 0.6 is 0 Å². The van der Waals surface area contributed by atoms with E-state index in [0.717, 1.165) is 102 Å². The average Bonchev–Trinajstić information content (AvgIpc) is 0.860. The Hall–Kier alpha value is -10.2. The standard InChI is InChI=1S/C88H86N4/c1-85(2,3)69-35-55-81(56-36-69)91(82-57-37-70(38-58-82)86(4,5)6)79-51-31-67(32-52-79)65-27-47-77(48-28-65)89(73-19-15-13-16-20-73)75-43-23-63(24-44-75)64-25-45-76(46-26-64)90(74-21-17-14-18-22-74)78-49-29-66(30-50-78)68-33-53-80(54-34-68)92(83-59-39-71(40-60-83)87(7,8)9)84-61-41-72(42-62-84)88(10,11)12/h13-62H,1-12H3. The van der Waals surface area contributed by atoms with Crippen molar-refractivity contribution in [1.82, 2.24) is 0 Å². The molecule has 12 rings (SSSR count). The van der Waals surface area contributed by atoms with E-state index < -0.39 is 0 Å². The molecule has 0 heterocycles. The van der Waals surface area contributed by atoms with Gasteiger partial charge in [0.1, 0.15) is 0 Å². The molecule has 4 heteroatoms. The Morgan fingerprint density at radius 3 is 0.391 bits per heavy atom. The molecule has 92 heavy (non-hydrogen) atoms. The highest BCUT2D eigenvalue weighted by Gasteiger charge is 2.23. The summed E-state index contributed by atoms with van der Waals surface area (Å²) in [5, 5.41) is 0. The third kappa shape index (κ3) is 13.8. The normalized spacial score (nSPS) is 11.9. The Morgan fingerprint density at radius 1 is 0.141 bits per heavy atom. The Bertz CT molecular complexity index is 3950. The molecule has 0 aromatic heterocycles. The molecule has 4 nitrogen and oxygen atoms in total. The van der Waals surface area contributed by atoms with Crippen LogP contribution in [0.15, 0.2) is 303 Å². The zero-order valence-electron chi connectivity index (χ0n) is 55.7. The van der Waals surface area contributed by atoms with Gasteiger partial charge in [0, 0.05) is 68.2 Å². The Morgan fingerprint density at radius 2 is 0.261 bits per heavy atom. The Kier molecular flexibility index (Phi) is 17.3. The summed E-state index contributed by atoms with van der Waals surface area (Å²) in [6.45, 7) is 27.2. The van der Waals surface area contributed by atoms with E-state index in [1.165, 1.54) is 22.3 Å². The van der Waals surface area contributed by atoms with Crippen molar-refractivity contribution in [2.24, 2.45) is 0 Å². The highest BCUT2D eigenvalue weighted by molar-refractivity contribution is 5.85. The van der Waals surface area contributed by atoms with Crippen molar-refractivity contribution in [3.8, 4) is 33.4 Å². The molecule has 0 bridgehead atoms. The van der Waals surface area contributed by atoms with Crippen LogP contribution in [0.1, 0.15) is 105 Å². The van der Waals surface area contributed by atoms with Crippen molar-refractivity contribution in [2.45, 2.75) is 105 Å². The third-order valence-corrected chi connectivity index (χ3v) is 17.7. The first-order valence-electron chi connectivity index (χ1n) is 32.5. The van der Waals surface area contributed by atoms with Crippen LogP contribution in [0.25, 0.3) is 33.4 Å². The van der Waals surface area contributed by atoms with Gasteiger partial charge in [-0.1, -0.05) is 241 Å². The van der Waals surface area contributed by atoms with Gasteiger partial charge in [-0.3, -0.25) is 0 Å². The first-order chi connectivity index (χ1) is 44.1. The fourth-order valence-electron chi connectivity index (χ4n) is 12.2. The molecular formula is C88H86N4. The zero-order valence-corrected chi connectivity index (χ0v) is 55.7. The molecule has 0 unspecified atom stereocenters. The maximum Gasteiger partial charge on any atom is 0.0462 e. The lowest BCUT2D eigenvalue weighted by molar-refractivity contribution is 0.590. The second-order valence-corrected chi connectivity index (χ2v) is 28.5. The molecular weight excluding hydrogens is 1110 g/mol. The van der Waals surface area contributed by atoms with Gasteiger partial charge in [0.05, 0.1) is 0 Å². The van der Waals surface area contributed by atoms with E-state index in [1.54, 1.807) is 0 Å². The molecule has 12 aromatic carbocycles. The summed E-state index contributed by atoms with van der Waals surface area (Å²) in [6.07, 6.45) is 0. The van der Waals surface area contributed by atoms with Crippen molar-refractivity contribution in [3.05, 3.63) is 326 Å². The number of nitrogens with zero attached hydrogens (tertiary/aromatic N) is 4. The average molecular weight is 1200 g/mol. The van der Waals surface area contributed by atoms with Crippen molar-refractivity contribution in [2.75, 3.05) is 19.6 Å². The second kappa shape index (κ2) is 25.6. The molecule has 0 fully saturated rings. The lowest BCUT2D eigenvalue weighted by Crippen LogP contribution is -2.14. The third-order valence-electron chi connectivity index (χ3n) is 17.7. The van der Waals surface area contributed by atoms with Crippen molar-refractivity contribution >= 4 is 68.2 Å². The molecule has 0 N–H and O–H groups in total. The van der Waals surface area contributed by atoms with E-state index in [0.29, 0.717) is 0 Å². The van der Waals surface area contributed by atoms with Crippen LogP contribution < -0.4 is 19.6 Å². The summed E-state index contributed by atoms with van der Waals surface area (Å²) in [5.74, 6) is 0. The molecule has 0 aliphatic heterocycles. The minimum Gasteiger partial charge on any atom is -0.311 e. The van der Waals surface area contributed by atoms with Crippen molar-refractivity contribution in [1.29, 1.82) is 0 Å². The van der Waals surface area contributed by atoms with E-state index in [4.69, 9.17) is 0 Å². The van der Waals surface area contributed by atoms with Crippen LogP contribution in [0, 0.1) is 0 Å². The molecule has 12 aromatic rings. The summed E-state index contributed by atoms with van der Waals surface area (Å²) >= 11 is 0. The lowest BCUT2D eigenvalue weighted by atomic mass is 9.86. The summed E-state index contributed by atoms with van der Waals surface area (Å²) in [7, 11) is 0. The maximum atomic E-state index is 2.36. The van der Waals surface area contributed by atoms with Gasteiger partial charge in [-0.25, -0.2) is 0 Å². The molecule has 0 amide bonds. The monoisotopic (exact) mass is 1200 g/mol. The second-order valence-electron chi connectivity index (χ2n) is 28.5. The summed E-state index contributed by atoms with van der Waals surface area (Å²) in [5.41, 5.74) is 25.8. The van der Waals surface area contributed by atoms with Gasteiger partial charge in [-0.2, -0.15) is 0 Å². The van der Waals surface area contributed by atoms with Crippen LogP contribution in [0.2, 0.25) is 0 Å².